The fourth-order valence-electron chi connectivity index (χ4n) is 0.873. The molecule has 0 N–H and O–H groups in total. The first-order chi connectivity index (χ1) is 6.63. The van der Waals surface area contributed by atoms with E-state index < -0.39 is 0 Å². The Morgan fingerprint density at radius 1 is 1.57 bits per heavy atom. The first kappa shape index (κ1) is 11.2. The third kappa shape index (κ3) is 3.12. The summed E-state index contributed by atoms with van der Waals surface area (Å²) in [5.74, 6) is -0.295. The third-order valence-corrected chi connectivity index (χ3v) is 2.12. The molecule has 0 saturated carbocycles. The molecule has 0 fully saturated rings. The average Bonchev–Trinajstić information content (AvgIpc) is 2.16. The Labute approximate surface area is 91.2 Å². The molecule has 0 aromatic carbocycles. The molecule has 0 spiro atoms. The first-order valence-electron chi connectivity index (χ1n) is 3.87. The van der Waals surface area contributed by atoms with Gasteiger partial charge in [0.2, 0.25) is 5.28 Å². The molecular formula is C8H8Cl2N2O2. The van der Waals surface area contributed by atoms with E-state index in [9.17, 15) is 4.79 Å². The third-order valence-electron chi connectivity index (χ3n) is 1.61. The van der Waals surface area contributed by atoms with Crippen LogP contribution in [0.3, 0.4) is 0 Å². The Morgan fingerprint density at radius 2 is 2.29 bits per heavy atom. The summed E-state index contributed by atoms with van der Waals surface area (Å²) >= 11 is 11.3. The highest BCUT2D eigenvalue weighted by Crippen LogP contribution is 2.15. The molecule has 0 aliphatic rings. The van der Waals surface area contributed by atoms with Crippen LogP contribution in [0.5, 0.6) is 0 Å². The number of hydrogen-bond donors (Lipinski definition) is 0. The standard InChI is InChI=1S/C8H8Cl2N2O2/c1-14-6(13)3-2-5-4-11-8(10)12-7(5)9/h4H,2-3H2,1H3. The van der Waals surface area contributed by atoms with Crippen LogP contribution in [-0.4, -0.2) is 23.0 Å². The Hall–Kier alpha value is -0.870. The highest BCUT2D eigenvalue weighted by molar-refractivity contribution is 6.32. The molecule has 1 aromatic heterocycles. The summed E-state index contributed by atoms with van der Waals surface area (Å²) in [6, 6.07) is 0. The largest absolute Gasteiger partial charge is 0.469 e. The number of rotatable bonds is 3. The number of esters is 1. The molecule has 0 aliphatic carbocycles. The molecule has 0 aliphatic heterocycles. The minimum absolute atomic E-state index is 0.0943. The highest BCUT2D eigenvalue weighted by Gasteiger charge is 2.07. The van der Waals surface area contributed by atoms with Crippen LogP contribution in [0.2, 0.25) is 10.4 Å². The van der Waals surface area contributed by atoms with Crippen molar-refractivity contribution in [1.29, 1.82) is 0 Å². The SMILES string of the molecule is COC(=O)CCc1cnc(Cl)nc1Cl. The second-order valence-corrected chi connectivity index (χ2v) is 3.23. The van der Waals surface area contributed by atoms with Crippen LogP contribution >= 0.6 is 23.2 Å². The zero-order valence-electron chi connectivity index (χ0n) is 7.46. The predicted octanol–water partition coefficient (Wildman–Crippen LogP) is 1.89. The summed E-state index contributed by atoms with van der Waals surface area (Å²) in [5.41, 5.74) is 0.682. The Balaban J connectivity index is 2.63. The number of hydrogen-bond acceptors (Lipinski definition) is 4. The summed E-state index contributed by atoms with van der Waals surface area (Å²) < 4.78 is 4.49. The van der Waals surface area contributed by atoms with Crippen molar-refractivity contribution >= 4 is 29.2 Å². The summed E-state index contributed by atoms with van der Waals surface area (Å²) in [4.78, 5) is 18.3. The quantitative estimate of drug-likeness (QED) is 0.456. The predicted molar refractivity (Wildman–Crippen MR) is 52.4 cm³/mol. The van der Waals surface area contributed by atoms with Gasteiger partial charge in [-0.05, 0) is 18.0 Å². The number of aromatic nitrogens is 2. The summed E-state index contributed by atoms with van der Waals surface area (Å²) in [7, 11) is 1.34. The van der Waals surface area contributed by atoms with Crippen molar-refractivity contribution in [3.63, 3.8) is 0 Å². The molecule has 14 heavy (non-hydrogen) atoms. The number of methoxy groups -OCH3 is 1. The maximum absolute atomic E-state index is 10.8. The molecule has 1 aromatic rings. The molecule has 0 saturated heterocycles. The molecule has 0 amide bonds. The number of nitrogens with zero attached hydrogens (tertiary/aromatic N) is 2. The monoisotopic (exact) mass is 234 g/mol. The molecule has 0 radical (unpaired) electrons. The lowest BCUT2D eigenvalue weighted by molar-refractivity contribution is -0.140. The van der Waals surface area contributed by atoms with Gasteiger partial charge in [0.1, 0.15) is 5.15 Å². The van der Waals surface area contributed by atoms with Crippen LogP contribution in [0.1, 0.15) is 12.0 Å². The van der Waals surface area contributed by atoms with E-state index in [1.165, 1.54) is 13.3 Å². The van der Waals surface area contributed by atoms with Gasteiger partial charge in [0.05, 0.1) is 7.11 Å². The van der Waals surface area contributed by atoms with Gasteiger partial charge in [-0.15, -0.1) is 0 Å². The number of carbonyl (C=O) groups is 1. The maximum atomic E-state index is 10.8. The van der Waals surface area contributed by atoms with Gasteiger partial charge in [-0.2, -0.15) is 0 Å². The Kier molecular flexibility index (Phi) is 4.10. The summed E-state index contributed by atoms with van der Waals surface area (Å²) in [5, 5.41) is 0.366. The van der Waals surface area contributed by atoms with Crippen LogP contribution in [0.25, 0.3) is 0 Å². The van der Waals surface area contributed by atoms with Crippen LogP contribution < -0.4 is 0 Å². The van der Waals surface area contributed by atoms with E-state index in [-0.39, 0.29) is 22.8 Å². The summed E-state index contributed by atoms with van der Waals surface area (Å²) in [6.45, 7) is 0. The van der Waals surface area contributed by atoms with E-state index in [0.717, 1.165) is 0 Å². The van der Waals surface area contributed by atoms with Gasteiger partial charge in [-0.25, -0.2) is 9.97 Å². The first-order valence-corrected chi connectivity index (χ1v) is 4.63. The lowest BCUT2D eigenvalue weighted by Gasteiger charge is -2.01. The fourth-order valence-corrected chi connectivity index (χ4v) is 1.27. The molecular weight excluding hydrogens is 227 g/mol. The van der Waals surface area contributed by atoms with E-state index >= 15 is 0 Å². The number of aryl methyl sites for hydroxylation is 1. The fraction of sp³-hybridized carbons (Fsp3) is 0.375. The second kappa shape index (κ2) is 5.12. The van der Waals surface area contributed by atoms with Gasteiger partial charge >= 0.3 is 5.97 Å². The van der Waals surface area contributed by atoms with Crippen molar-refractivity contribution in [3.8, 4) is 0 Å². The topological polar surface area (TPSA) is 52.1 Å². The van der Waals surface area contributed by atoms with Gasteiger partial charge in [0.25, 0.3) is 0 Å². The van der Waals surface area contributed by atoms with Gasteiger partial charge < -0.3 is 4.74 Å². The van der Waals surface area contributed by atoms with Gasteiger partial charge in [0, 0.05) is 18.2 Å². The van der Waals surface area contributed by atoms with Crippen molar-refractivity contribution in [3.05, 3.63) is 22.2 Å². The molecule has 6 heteroatoms. The Morgan fingerprint density at radius 3 is 2.86 bits per heavy atom. The van der Waals surface area contributed by atoms with Gasteiger partial charge in [-0.3, -0.25) is 4.79 Å². The van der Waals surface area contributed by atoms with Crippen LogP contribution in [-0.2, 0) is 16.0 Å². The number of carbonyl (C=O) groups excluding carboxylic acids is 1. The molecule has 76 valence electrons. The van der Waals surface area contributed by atoms with E-state index in [0.29, 0.717) is 12.0 Å². The van der Waals surface area contributed by atoms with Crippen molar-refractivity contribution in [2.45, 2.75) is 12.8 Å². The maximum Gasteiger partial charge on any atom is 0.305 e. The molecule has 0 unspecified atom stereocenters. The molecule has 0 atom stereocenters. The minimum Gasteiger partial charge on any atom is -0.469 e. The molecule has 1 heterocycles. The summed E-state index contributed by atoms with van der Waals surface area (Å²) in [6.07, 6.45) is 2.20. The second-order valence-electron chi connectivity index (χ2n) is 2.53. The minimum atomic E-state index is -0.295. The normalized spacial score (nSPS) is 9.93. The van der Waals surface area contributed by atoms with E-state index in [2.05, 4.69) is 14.7 Å². The van der Waals surface area contributed by atoms with Crippen molar-refractivity contribution in [2.24, 2.45) is 0 Å². The van der Waals surface area contributed by atoms with Crippen molar-refractivity contribution < 1.29 is 9.53 Å². The van der Waals surface area contributed by atoms with Crippen LogP contribution in [0.4, 0.5) is 0 Å². The lowest BCUT2D eigenvalue weighted by Crippen LogP contribution is -2.03. The average molecular weight is 235 g/mol. The number of ether oxygens (including phenoxy) is 1. The zero-order valence-corrected chi connectivity index (χ0v) is 8.97. The zero-order chi connectivity index (χ0) is 10.6. The van der Waals surface area contributed by atoms with E-state index in [4.69, 9.17) is 23.2 Å². The van der Waals surface area contributed by atoms with Crippen molar-refractivity contribution in [1.82, 2.24) is 9.97 Å². The lowest BCUT2D eigenvalue weighted by atomic mass is 10.2. The van der Waals surface area contributed by atoms with Crippen LogP contribution in [0.15, 0.2) is 6.20 Å². The van der Waals surface area contributed by atoms with Gasteiger partial charge in [0.15, 0.2) is 0 Å². The van der Waals surface area contributed by atoms with Crippen LogP contribution in [0, 0.1) is 0 Å². The highest BCUT2D eigenvalue weighted by atomic mass is 35.5. The molecule has 0 bridgehead atoms. The molecule has 1 rings (SSSR count). The van der Waals surface area contributed by atoms with E-state index in [1.54, 1.807) is 0 Å². The smallest absolute Gasteiger partial charge is 0.305 e. The van der Waals surface area contributed by atoms with Gasteiger partial charge in [-0.1, -0.05) is 11.6 Å². The number of halogens is 2. The Bertz CT molecular complexity index is 344. The molecule has 4 nitrogen and oxygen atoms in total. The van der Waals surface area contributed by atoms with E-state index in [1.807, 2.05) is 0 Å². The van der Waals surface area contributed by atoms with Crippen molar-refractivity contribution in [2.75, 3.05) is 7.11 Å².